The summed E-state index contributed by atoms with van der Waals surface area (Å²) in [5.41, 5.74) is 0.596. The maximum Gasteiger partial charge on any atom is 0.274 e. The summed E-state index contributed by atoms with van der Waals surface area (Å²) in [5.74, 6) is 0. The number of benzene rings is 1. The molecule has 0 amide bonds. The molecule has 1 saturated carbocycles. The molecule has 4 rings (SSSR count). The first-order valence-electron chi connectivity index (χ1n) is 9.54. The van der Waals surface area contributed by atoms with Gasteiger partial charge in [0.25, 0.3) is 10.0 Å². The van der Waals surface area contributed by atoms with Gasteiger partial charge in [-0.2, -0.15) is 0 Å². The van der Waals surface area contributed by atoms with Crippen molar-refractivity contribution >= 4 is 21.0 Å². The third kappa shape index (κ3) is 3.67. The van der Waals surface area contributed by atoms with Gasteiger partial charge in [-0.05, 0) is 51.4 Å². The van der Waals surface area contributed by atoms with E-state index >= 15 is 0 Å². The summed E-state index contributed by atoms with van der Waals surface area (Å²) in [5, 5.41) is 4.47. The normalized spacial score (nSPS) is 25.4. The van der Waals surface area contributed by atoms with E-state index < -0.39 is 10.0 Å². The van der Waals surface area contributed by atoms with Crippen molar-refractivity contribution in [3.8, 4) is 0 Å². The van der Waals surface area contributed by atoms with Crippen molar-refractivity contribution in [3.05, 3.63) is 30.3 Å². The topological polar surface area (TPSA) is 74.6 Å². The molecule has 0 spiro atoms. The van der Waals surface area contributed by atoms with Gasteiger partial charge in [0.15, 0.2) is 0 Å². The van der Waals surface area contributed by atoms with Crippen LogP contribution in [0.25, 0.3) is 11.0 Å². The minimum absolute atomic E-state index is 0.000559. The molecule has 1 aromatic heterocycles. The maximum atomic E-state index is 12.7. The predicted octanol–water partition coefficient (Wildman–Crippen LogP) is 2.32. The van der Waals surface area contributed by atoms with Gasteiger partial charge in [0.1, 0.15) is 5.58 Å². The van der Waals surface area contributed by atoms with Gasteiger partial charge < -0.3 is 14.6 Å². The lowest BCUT2D eigenvalue weighted by Gasteiger charge is -2.41. The van der Waals surface area contributed by atoms with Gasteiger partial charge in [-0.3, -0.25) is 0 Å². The highest BCUT2D eigenvalue weighted by Crippen LogP contribution is 2.27. The molecular formula is C19H27N3O3S. The van der Waals surface area contributed by atoms with E-state index in [2.05, 4.69) is 21.9 Å². The van der Waals surface area contributed by atoms with Crippen LogP contribution in [0.5, 0.6) is 0 Å². The first kappa shape index (κ1) is 18.0. The van der Waals surface area contributed by atoms with Crippen LogP contribution in [0.1, 0.15) is 32.6 Å². The maximum absolute atomic E-state index is 12.7. The fraction of sp³-hybridized carbons (Fsp3) is 0.579. The predicted molar refractivity (Wildman–Crippen MR) is 102 cm³/mol. The minimum atomic E-state index is -3.63. The van der Waals surface area contributed by atoms with Crippen LogP contribution in [-0.2, 0) is 10.0 Å². The smallest absolute Gasteiger partial charge is 0.274 e. The summed E-state index contributed by atoms with van der Waals surface area (Å²) in [7, 11) is -3.63. The van der Waals surface area contributed by atoms with E-state index in [1.165, 1.54) is 0 Å². The molecule has 1 saturated heterocycles. The van der Waals surface area contributed by atoms with Gasteiger partial charge in [0.05, 0.1) is 0 Å². The van der Waals surface area contributed by atoms with E-state index in [9.17, 15) is 8.42 Å². The number of fused-ring (bicyclic) bond motifs is 1. The molecule has 6 nitrogen and oxygen atoms in total. The van der Waals surface area contributed by atoms with E-state index in [1.54, 1.807) is 12.1 Å². The molecule has 7 heteroatoms. The van der Waals surface area contributed by atoms with E-state index in [-0.39, 0.29) is 17.2 Å². The third-order valence-electron chi connectivity index (χ3n) is 5.73. The SMILES string of the molecule is CCN1CCC(N[C@@H]2CC[C@@H]2NS(=O)(=O)c2cc3ccccc3o2)CC1. The average molecular weight is 378 g/mol. The number of furan rings is 1. The van der Waals surface area contributed by atoms with E-state index in [0.29, 0.717) is 11.6 Å². The highest BCUT2D eigenvalue weighted by atomic mass is 32.2. The Labute approximate surface area is 155 Å². The molecular weight excluding hydrogens is 350 g/mol. The Bertz CT molecular complexity index is 823. The van der Waals surface area contributed by atoms with Gasteiger partial charge >= 0.3 is 0 Å². The minimum Gasteiger partial charge on any atom is -0.443 e. The Kier molecular flexibility index (Phi) is 5.05. The lowest BCUT2D eigenvalue weighted by Crippen LogP contribution is -2.60. The number of rotatable bonds is 6. The molecule has 26 heavy (non-hydrogen) atoms. The lowest BCUT2D eigenvalue weighted by atomic mass is 9.86. The van der Waals surface area contributed by atoms with E-state index in [1.807, 2.05) is 18.2 Å². The van der Waals surface area contributed by atoms with Gasteiger partial charge in [0.2, 0.25) is 5.09 Å². The number of hydrogen-bond acceptors (Lipinski definition) is 5. The van der Waals surface area contributed by atoms with Crippen molar-refractivity contribution in [1.29, 1.82) is 0 Å². The fourth-order valence-corrected chi connectivity index (χ4v) is 5.18. The average Bonchev–Trinajstić information content (AvgIpc) is 3.09. The molecule has 0 bridgehead atoms. The van der Waals surface area contributed by atoms with Crippen LogP contribution in [-0.4, -0.2) is 51.1 Å². The molecule has 2 fully saturated rings. The van der Waals surface area contributed by atoms with E-state index in [0.717, 1.165) is 50.7 Å². The second-order valence-electron chi connectivity index (χ2n) is 7.39. The summed E-state index contributed by atoms with van der Waals surface area (Å²) in [4.78, 5) is 2.46. The molecule has 0 unspecified atom stereocenters. The number of nitrogens with one attached hydrogen (secondary N) is 2. The van der Waals surface area contributed by atoms with Crippen molar-refractivity contribution in [2.75, 3.05) is 19.6 Å². The molecule has 0 radical (unpaired) electrons. The summed E-state index contributed by atoms with van der Waals surface area (Å²) < 4.78 is 33.7. The van der Waals surface area contributed by atoms with Crippen LogP contribution in [0.3, 0.4) is 0 Å². The Balaban J connectivity index is 1.37. The summed E-state index contributed by atoms with van der Waals surface area (Å²) in [6, 6.07) is 9.59. The van der Waals surface area contributed by atoms with Crippen molar-refractivity contribution in [1.82, 2.24) is 14.9 Å². The number of nitrogens with zero attached hydrogens (tertiary/aromatic N) is 1. The fourth-order valence-electron chi connectivity index (χ4n) is 3.91. The zero-order chi connectivity index (χ0) is 18.1. The standard InChI is InChI=1S/C19H27N3O3S/c1-2-22-11-9-15(10-12-22)20-16-7-8-17(16)21-26(23,24)19-13-14-5-3-4-6-18(14)25-19/h3-6,13,15-17,20-21H,2,7-12H2,1H3/t16-,17+/m1/s1. The summed E-state index contributed by atoms with van der Waals surface area (Å²) >= 11 is 0. The number of hydrogen-bond donors (Lipinski definition) is 2. The Morgan fingerprint density at radius 2 is 1.85 bits per heavy atom. The first-order chi connectivity index (χ1) is 12.5. The number of sulfonamides is 1. The Morgan fingerprint density at radius 1 is 1.12 bits per heavy atom. The van der Waals surface area contributed by atoms with Crippen molar-refractivity contribution in [3.63, 3.8) is 0 Å². The second kappa shape index (κ2) is 7.31. The molecule has 1 aliphatic carbocycles. The molecule has 2 aromatic rings. The zero-order valence-corrected chi connectivity index (χ0v) is 16.0. The van der Waals surface area contributed by atoms with Crippen LogP contribution in [0.2, 0.25) is 0 Å². The van der Waals surface area contributed by atoms with Crippen molar-refractivity contribution < 1.29 is 12.8 Å². The van der Waals surface area contributed by atoms with Crippen LogP contribution in [0, 0.1) is 0 Å². The zero-order valence-electron chi connectivity index (χ0n) is 15.1. The summed E-state index contributed by atoms with van der Waals surface area (Å²) in [6.07, 6.45) is 4.15. The highest BCUT2D eigenvalue weighted by molar-refractivity contribution is 7.89. The van der Waals surface area contributed by atoms with Gasteiger partial charge in [0, 0.05) is 29.6 Å². The molecule has 2 heterocycles. The molecule has 1 aliphatic heterocycles. The molecule has 2 atom stereocenters. The van der Waals surface area contributed by atoms with E-state index in [4.69, 9.17) is 4.42 Å². The van der Waals surface area contributed by atoms with Crippen molar-refractivity contribution in [2.45, 2.75) is 55.8 Å². The Hall–Kier alpha value is -1.41. The monoisotopic (exact) mass is 377 g/mol. The first-order valence-corrected chi connectivity index (χ1v) is 11.0. The van der Waals surface area contributed by atoms with Crippen LogP contribution in [0.15, 0.2) is 39.8 Å². The van der Waals surface area contributed by atoms with Crippen LogP contribution >= 0.6 is 0 Å². The largest absolute Gasteiger partial charge is 0.443 e. The van der Waals surface area contributed by atoms with Crippen LogP contribution < -0.4 is 10.0 Å². The number of para-hydroxylation sites is 1. The molecule has 2 aliphatic rings. The molecule has 1 aromatic carbocycles. The Morgan fingerprint density at radius 3 is 2.50 bits per heavy atom. The molecule has 142 valence electrons. The number of piperidine rings is 1. The van der Waals surface area contributed by atoms with Gasteiger partial charge in [-0.25, -0.2) is 13.1 Å². The van der Waals surface area contributed by atoms with Gasteiger partial charge in [-0.15, -0.1) is 0 Å². The quantitative estimate of drug-likeness (QED) is 0.808. The van der Waals surface area contributed by atoms with Crippen LogP contribution in [0.4, 0.5) is 0 Å². The number of likely N-dealkylation sites (tertiary alicyclic amines) is 1. The van der Waals surface area contributed by atoms with Crippen molar-refractivity contribution in [2.24, 2.45) is 0 Å². The third-order valence-corrected chi connectivity index (χ3v) is 7.08. The molecule has 2 N–H and O–H groups in total. The lowest BCUT2D eigenvalue weighted by molar-refractivity contribution is 0.170. The van der Waals surface area contributed by atoms with Gasteiger partial charge in [-0.1, -0.05) is 25.1 Å². The highest BCUT2D eigenvalue weighted by Gasteiger charge is 2.37. The summed E-state index contributed by atoms with van der Waals surface area (Å²) in [6.45, 7) is 5.55. The second-order valence-corrected chi connectivity index (χ2v) is 9.04.